The monoisotopic (exact) mass is 407 g/mol. The zero-order valence-corrected chi connectivity index (χ0v) is 14.8. The molecule has 0 unspecified atom stereocenters. The van der Waals surface area contributed by atoms with Gasteiger partial charge in [-0.1, -0.05) is 12.8 Å². The van der Waals surface area contributed by atoms with Gasteiger partial charge >= 0.3 is 6.18 Å². The van der Waals surface area contributed by atoms with Crippen LogP contribution in [0.25, 0.3) is 0 Å². The molecule has 1 amide bonds. The lowest BCUT2D eigenvalue weighted by Gasteiger charge is -2.22. The third-order valence-electron chi connectivity index (χ3n) is 2.87. The van der Waals surface area contributed by atoms with Gasteiger partial charge in [0.1, 0.15) is 6.54 Å². The minimum absolute atomic E-state index is 0.0158. The Labute approximate surface area is 147 Å². The number of rotatable bonds is 7. The van der Waals surface area contributed by atoms with Gasteiger partial charge in [-0.05, 0) is 34.5 Å². The SMILES string of the molecule is C#CCN(CC(F)(F)F)C(=O)c1cc(Br)c(OCCC)c(OC)c1. The highest BCUT2D eigenvalue weighted by molar-refractivity contribution is 9.10. The summed E-state index contributed by atoms with van der Waals surface area (Å²) in [5.74, 6) is 1.85. The molecule has 8 heteroatoms. The van der Waals surface area contributed by atoms with E-state index in [1.807, 2.05) is 6.92 Å². The molecular formula is C16H17BrF3NO3. The number of carbonyl (C=O) groups is 1. The summed E-state index contributed by atoms with van der Waals surface area (Å²) in [6, 6.07) is 2.72. The van der Waals surface area contributed by atoms with Crippen molar-refractivity contribution in [3.8, 4) is 23.8 Å². The molecule has 0 aliphatic rings. The first-order valence-corrected chi connectivity index (χ1v) is 7.82. The molecule has 0 aliphatic carbocycles. The third kappa shape index (κ3) is 5.64. The topological polar surface area (TPSA) is 38.8 Å². The van der Waals surface area contributed by atoms with E-state index in [1.165, 1.54) is 19.2 Å². The largest absolute Gasteiger partial charge is 0.493 e. The van der Waals surface area contributed by atoms with Crippen molar-refractivity contribution in [1.29, 1.82) is 0 Å². The number of terminal acetylenes is 1. The number of benzene rings is 1. The van der Waals surface area contributed by atoms with Crippen LogP contribution in [0.1, 0.15) is 23.7 Å². The van der Waals surface area contributed by atoms with Crippen LogP contribution in [-0.4, -0.2) is 43.8 Å². The number of nitrogens with zero attached hydrogens (tertiary/aromatic N) is 1. The molecule has 0 aliphatic heterocycles. The predicted octanol–water partition coefficient (Wildman–Crippen LogP) is 3.88. The van der Waals surface area contributed by atoms with Gasteiger partial charge in [-0.3, -0.25) is 4.79 Å². The highest BCUT2D eigenvalue weighted by atomic mass is 79.9. The smallest absolute Gasteiger partial charge is 0.406 e. The Balaban J connectivity index is 3.17. The lowest BCUT2D eigenvalue weighted by molar-refractivity contribution is -0.139. The van der Waals surface area contributed by atoms with Crippen molar-refractivity contribution >= 4 is 21.8 Å². The fourth-order valence-corrected chi connectivity index (χ4v) is 2.45. The molecule has 1 aromatic carbocycles. The van der Waals surface area contributed by atoms with Crippen LogP contribution in [0.15, 0.2) is 16.6 Å². The van der Waals surface area contributed by atoms with E-state index in [1.54, 1.807) is 0 Å². The molecule has 0 spiro atoms. The Morgan fingerprint density at radius 1 is 1.42 bits per heavy atom. The maximum Gasteiger partial charge on any atom is 0.406 e. The summed E-state index contributed by atoms with van der Waals surface area (Å²) < 4.78 is 48.9. The molecule has 0 aromatic heterocycles. The van der Waals surface area contributed by atoms with Crippen molar-refractivity contribution in [1.82, 2.24) is 4.90 Å². The summed E-state index contributed by atoms with van der Waals surface area (Å²) in [6.45, 7) is 0.475. The van der Waals surface area contributed by atoms with Gasteiger partial charge in [0.05, 0.1) is 24.7 Å². The summed E-state index contributed by atoms with van der Waals surface area (Å²) in [5.41, 5.74) is 0.0158. The van der Waals surface area contributed by atoms with E-state index in [9.17, 15) is 18.0 Å². The van der Waals surface area contributed by atoms with Gasteiger partial charge < -0.3 is 14.4 Å². The Hall–Kier alpha value is -1.88. The van der Waals surface area contributed by atoms with Crippen LogP contribution in [0.4, 0.5) is 13.2 Å². The average Bonchev–Trinajstić information content (AvgIpc) is 2.50. The first kappa shape index (κ1) is 20.2. The minimum atomic E-state index is -4.54. The van der Waals surface area contributed by atoms with Crippen molar-refractivity contribution in [3.63, 3.8) is 0 Å². The maximum atomic E-state index is 12.6. The molecule has 0 saturated carbocycles. The van der Waals surface area contributed by atoms with E-state index in [4.69, 9.17) is 15.9 Å². The molecule has 1 aromatic rings. The molecule has 0 heterocycles. The van der Waals surface area contributed by atoms with Crippen molar-refractivity contribution in [2.24, 2.45) is 0 Å². The molecule has 0 atom stereocenters. The molecular weight excluding hydrogens is 391 g/mol. The fraction of sp³-hybridized carbons (Fsp3) is 0.438. The summed E-state index contributed by atoms with van der Waals surface area (Å²) in [4.78, 5) is 12.9. The molecule has 132 valence electrons. The summed E-state index contributed by atoms with van der Waals surface area (Å²) in [7, 11) is 1.38. The lowest BCUT2D eigenvalue weighted by atomic mass is 10.1. The van der Waals surface area contributed by atoms with Gasteiger partial charge in [-0.25, -0.2) is 0 Å². The molecule has 0 bridgehead atoms. The van der Waals surface area contributed by atoms with Crippen molar-refractivity contribution < 1.29 is 27.4 Å². The lowest BCUT2D eigenvalue weighted by Crippen LogP contribution is -2.39. The number of alkyl halides is 3. The van der Waals surface area contributed by atoms with E-state index in [-0.39, 0.29) is 11.3 Å². The standard InChI is InChI=1S/C16H17BrF3NO3/c1-4-6-21(10-16(18,19)20)15(22)11-8-12(17)14(24-7-5-2)13(9-11)23-3/h1,8-9H,5-7,10H2,2-3H3. The van der Waals surface area contributed by atoms with Crippen LogP contribution >= 0.6 is 15.9 Å². The van der Waals surface area contributed by atoms with Gasteiger partial charge in [0, 0.05) is 5.56 Å². The second kappa shape index (κ2) is 8.83. The number of hydrogen-bond donors (Lipinski definition) is 0. The van der Waals surface area contributed by atoms with Crippen molar-refractivity contribution in [2.45, 2.75) is 19.5 Å². The Kier molecular flexibility index (Phi) is 7.42. The zero-order valence-electron chi connectivity index (χ0n) is 13.2. The first-order valence-electron chi connectivity index (χ1n) is 7.03. The molecule has 0 radical (unpaired) electrons. The molecule has 4 nitrogen and oxygen atoms in total. The summed E-state index contributed by atoms with van der Waals surface area (Å²) in [6.07, 6.45) is 1.28. The Bertz CT molecular complexity index is 626. The van der Waals surface area contributed by atoms with E-state index in [0.29, 0.717) is 21.7 Å². The average molecular weight is 408 g/mol. The van der Waals surface area contributed by atoms with Crippen LogP contribution in [-0.2, 0) is 0 Å². The van der Waals surface area contributed by atoms with Gasteiger partial charge in [0.15, 0.2) is 11.5 Å². The summed E-state index contributed by atoms with van der Waals surface area (Å²) in [5, 5.41) is 0. The number of methoxy groups -OCH3 is 1. The van der Waals surface area contributed by atoms with E-state index in [0.717, 1.165) is 6.42 Å². The Morgan fingerprint density at radius 3 is 2.58 bits per heavy atom. The normalized spacial score (nSPS) is 10.9. The molecule has 0 fully saturated rings. The number of carbonyl (C=O) groups excluding carboxylic acids is 1. The van der Waals surface area contributed by atoms with Crippen LogP contribution in [0.5, 0.6) is 11.5 Å². The van der Waals surface area contributed by atoms with Gasteiger partial charge in [-0.15, -0.1) is 6.42 Å². The van der Waals surface area contributed by atoms with Crippen LogP contribution in [0, 0.1) is 12.3 Å². The second-order valence-corrected chi connectivity index (χ2v) is 5.67. The quantitative estimate of drug-likeness (QED) is 0.643. The summed E-state index contributed by atoms with van der Waals surface area (Å²) >= 11 is 3.25. The highest BCUT2D eigenvalue weighted by Gasteiger charge is 2.33. The Morgan fingerprint density at radius 2 is 2.08 bits per heavy atom. The number of amides is 1. The molecule has 1 rings (SSSR count). The van der Waals surface area contributed by atoms with Crippen LogP contribution < -0.4 is 9.47 Å². The number of halogens is 4. The fourth-order valence-electron chi connectivity index (χ4n) is 1.90. The van der Waals surface area contributed by atoms with Crippen molar-refractivity contribution in [2.75, 3.05) is 26.8 Å². The predicted molar refractivity (Wildman–Crippen MR) is 87.3 cm³/mol. The molecule has 24 heavy (non-hydrogen) atoms. The highest BCUT2D eigenvalue weighted by Crippen LogP contribution is 2.37. The third-order valence-corrected chi connectivity index (χ3v) is 3.46. The van der Waals surface area contributed by atoms with Crippen LogP contribution in [0.3, 0.4) is 0 Å². The van der Waals surface area contributed by atoms with Crippen LogP contribution in [0.2, 0.25) is 0 Å². The number of hydrogen-bond acceptors (Lipinski definition) is 3. The molecule has 0 N–H and O–H groups in total. The zero-order chi connectivity index (χ0) is 18.3. The van der Waals surface area contributed by atoms with E-state index < -0.39 is 25.2 Å². The van der Waals surface area contributed by atoms with Gasteiger partial charge in [-0.2, -0.15) is 13.2 Å². The van der Waals surface area contributed by atoms with E-state index >= 15 is 0 Å². The first-order chi connectivity index (χ1) is 11.2. The minimum Gasteiger partial charge on any atom is -0.493 e. The van der Waals surface area contributed by atoms with E-state index in [2.05, 4.69) is 21.9 Å². The maximum absolute atomic E-state index is 12.6. The van der Waals surface area contributed by atoms with Crippen molar-refractivity contribution in [3.05, 3.63) is 22.2 Å². The van der Waals surface area contributed by atoms with Gasteiger partial charge in [0.2, 0.25) is 0 Å². The second-order valence-electron chi connectivity index (χ2n) is 4.82. The van der Waals surface area contributed by atoms with Gasteiger partial charge in [0.25, 0.3) is 5.91 Å². The molecule has 0 saturated heterocycles. The number of ether oxygens (including phenoxy) is 2.